The second-order valence-electron chi connectivity index (χ2n) is 1.84. The van der Waals surface area contributed by atoms with Crippen LogP contribution in [-0.4, -0.2) is 0 Å². The SMILES string of the molecule is Cl/C=C/c1ccc(Cl)cc1. The van der Waals surface area contributed by atoms with Crippen molar-refractivity contribution in [1.29, 1.82) is 0 Å². The summed E-state index contributed by atoms with van der Waals surface area (Å²) in [5, 5.41) is 0.742. The fourth-order valence-electron chi connectivity index (χ4n) is 0.647. The van der Waals surface area contributed by atoms with E-state index in [1.807, 2.05) is 24.3 Å². The van der Waals surface area contributed by atoms with E-state index in [9.17, 15) is 0 Å². The third kappa shape index (κ3) is 2.05. The summed E-state index contributed by atoms with van der Waals surface area (Å²) in [4.78, 5) is 0. The lowest BCUT2D eigenvalue weighted by molar-refractivity contribution is 1.66. The lowest BCUT2D eigenvalue weighted by Gasteiger charge is -1.90. The molecule has 1 rings (SSSR count). The normalized spacial score (nSPS) is 10.6. The van der Waals surface area contributed by atoms with Crippen molar-refractivity contribution in [3.63, 3.8) is 0 Å². The Kier molecular flexibility index (Phi) is 2.79. The summed E-state index contributed by atoms with van der Waals surface area (Å²) in [6, 6.07) is 7.46. The first-order valence-electron chi connectivity index (χ1n) is 2.85. The molecule has 0 atom stereocenters. The molecule has 0 heterocycles. The van der Waals surface area contributed by atoms with Gasteiger partial charge in [-0.2, -0.15) is 0 Å². The number of hydrogen-bond donors (Lipinski definition) is 0. The fourth-order valence-corrected chi connectivity index (χ4v) is 0.918. The summed E-state index contributed by atoms with van der Waals surface area (Å²) in [5.74, 6) is 0. The molecule has 1 aromatic carbocycles. The monoisotopic (exact) mass is 172 g/mol. The van der Waals surface area contributed by atoms with Crippen LogP contribution in [0.4, 0.5) is 0 Å². The summed E-state index contributed by atoms with van der Waals surface area (Å²) in [6.07, 6.45) is 1.80. The summed E-state index contributed by atoms with van der Waals surface area (Å²) in [6.45, 7) is 0. The summed E-state index contributed by atoms with van der Waals surface area (Å²) in [5.41, 5.74) is 2.53. The third-order valence-electron chi connectivity index (χ3n) is 1.13. The molecule has 0 saturated heterocycles. The lowest BCUT2D eigenvalue weighted by Crippen LogP contribution is -1.68. The number of halogens is 2. The third-order valence-corrected chi connectivity index (χ3v) is 1.50. The van der Waals surface area contributed by atoms with E-state index in [4.69, 9.17) is 23.2 Å². The Labute approximate surface area is 70.1 Å². The molecule has 0 nitrogen and oxygen atoms in total. The maximum atomic E-state index is 5.65. The molecular formula is C8H6Cl2. The highest BCUT2D eigenvalue weighted by molar-refractivity contribution is 6.30. The molecule has 0 spiro atoms. The predicted molar refractivity (Wildman–Crippen MR) is 46.3 cm³/mol. The number of hydrogen-bond acceptors (Lipinski definition) is 0. The van der Waals surface area contributed by atoms with Crippen LogP contribution in [0.2, 0.25) is 5.02 Å². The summed E-state index contributed by atoms with van der Waals surface area (Å²) in [7, 11) is 0. The maximum absolute atomic E-state index is 5.65. The van der Waals surface area contributed by atoms with Gasteiger partial charge in [-0.05, 0) is 23.8 Å². The van der Waals surface area contributed by atoms with Crippen LogP contribution in [0.15, 0.2) is 29.8 Å². The molecule has 10 heavy (non-hydrogen) atoms. The van der Waals surface area contributed by atoms with Gasteiger partial charge in [0.1, 0.15) is 0 Å². The zero-order valence-electron chi connectivity index (χ0n) is 5.22. The molecule has 0 unspecified atom stereocenters. The van der Waals surface area contributed by atoms with Crippen molar-refractivity contribution in [3.05, 3.63) is 40.4 Å². The molecule has 0 N–H and O–H groups in total. The van der Waals surface area contributed by atoms with E-state index in [2.05, 4.69) is 0 Å². The van der Waals surface area contributed by atoms with Crippen LogP contribution < -0.4 is 0 Å². The molecule has 0 aliphatic heterocycles. The van der Waals surface area contributed by atoms with Crippen molar-refractivity contribution in [2.45, 2.75) is 0 Å². The van der Waals surface area contributed by atoms with E-state index in [1.165, 1.54) is 5.54 Å². The molecule has 0 radical (unpaired) electrons. The maximum Gasteiger partial charge on any atom is 0.0406 e. The number of benzene rings is 1. The van der Waals surface area contributed by atoms with Gasteiger partial charge in [-0.15, -0.1) is 0 Å². The highest BCUT2D eigenvalue weighted by Gasteiger charge is 1.85. The van der Waals surface area contributed by atoms with Crippen LogP contribution in [-0.2, 0) is 0 Å². The van der Waals surface area contributed by atoms with Crippen molar-refractivity contribution >= 4 is 29.3 Å². The minimum atomic E-state index is 0.742. The topological polar surface area (TPSA) is 0 Å². The Morgan fingerprint density at radius 3 is 2.20 bits per heavy atom. The van der Waals surface area contributed by atoms with E-state index < -0.39 is 0 Å². The van der Waals surface area contributed by atoms with Gasteiger partial charge in [-0.3, -0.25) is 0 Å². The Morgan fingerprint density at radius 2 is 1.70 bits per heavy atom. The second-order valence-corrected chi connectivity index (χ2v) is 2.53. The average molecular weight is 173 g/mol. The van der Waals surface area contributed by atoms with Crippen molar-refractivity contribution < 1.29 is 0 Å². The van der Waals surface area contributed by atoms with Gasteiger partial charge >= 0.3 is 0 Å². The van der Waals surface area contributed by atoms with Crippen molar-refractivity contribution in [2.24, 2.45) is 0 Å². The quantitative estimate of drug-likeness (QED) is 0.609. The summed E-state index contributed by atoms with van der Waals surface area (Å²) >= 11 is 11.0. The van der Waals surface area contributed by atoms with Crippen LogP contribution in [0.5, 0.6) is 0 Å². The first-order valence-corrected chi connectivity index (χ1v) is 3.66. The van der Waals surface area contributed by atoms with Crippen LogP contribution in [0, 0.1) is 0 Å². The van der Waals surface area contributed by atoms with Crippen LogP contribution in [0.25, 0.3) is 6.08 Å². The molecule has 0 aromatic heterocycles. The van der Waals surface area contributed by atoms with Gasteiger partial charge in [-0.25, -0.2) is 0 Å². The largest absolute Gasteiger partial charge is 0.0929 e. The van der Waals surface area contributed by atoms with Gasteiger partial charge in [0.2, 0.25) is 0 Å². The Morgan fingerprint density at radius 1 is 1.10 bits per heavy atom. The number of rotatable bonds is 1. The minimum absolute atomic E-state index is 0.742. The highest BCUT2D eigenvalue weighted by Crippen LogP contribution is 2.10. The van der Waals surface area contributed by atoms with Gasteiger partial charge < -0.3 is 0 Å². The van der Waals surface area contributed by atoms with Gasteiger partial charge in [0.05, 0.1) is 0 Å². The minimum Gasteiger partial charge on any atom is -0.0929 e. The van der Waals surface area contributed by atoms with Crippen molar-refractivity contribution in [3.8, 4) is 0 Å². The Bertz CT molecular complexity index is 224. The zero-order chi connectivity index (χ0) is 7.40. The van der Waals surface area contributed by atoms with E-state index >= 15 is 0 Å². The van der Waals surface area contributed by atoms with Crippen molar-refractivity contribution in [2.75, 3.05) is 0 Å². The smallest absolute Gasteiger partial charge is 0.0406 e. The van der Waals surface area contributed by atoms with Crippen molar-refractivity contribution in [1.82, 2.24) is 0 Å². The van der Waals surface area contributed by atoms with Crippen LogP contribution >= 0.6 is 23.2 Å². The van der Waals surface area contributed by atoms with Crippen LogP contribution in [0.3, 0.4) is 0 Å². The van der Waals surface area contributed by atoms with E-state index in [0.717, 1.165) is 10.6 Å². The standard InChI is InChI=1S/C8H6Cl2/c9-6-5-7-1-3-8(10)4-2-7/h1-6H/b6-5+. The lowest BCUT2D eigenvalue weighted by atomic mass is 10.2. The van der Waals surface area contributed by atoms with Gasteiger partial charge in [0.15, 0.2) is 0 Å². The molecular weight excluding hydrogens is 167 g/mol. The molecule has 0 aliphatic carbocycles. The van der Waals surface area contributed by atoms with E-state index in [1.54, 1.807) is 6.08 Å². The molecule has 0 saturated carbocycles. The van der Waals surface area contributed by atoms with Crippen LogP contribution in [0.1, 0.15) is 5.56 Å². The molecule has 0 aliphatic rings. The van der Waals surface area contributed by atoms with Gasteiger partial charge in [0, 0.05) is 10.6 Å². The average Bonchev–Trinajstić information content (AvgIpc) is 1.95. The molecule has 52 valence electrons. The molecule has 2 heteroatoms. The molecule has 1 aromatic rings. The predicted octanol–water partition coefficient (Wildman–Crippen LogP) is 3.55. The molecule has 0 amide bonds. The second kappa shape index (κ2) is 3.65. The van der Waals surface area contributed by atoms with Gasteiger partial charge in [-0.1, -0.05) is 35.3 Å². The Balaban J connectivity index is 2.89. The first-order chi connectivity index (χ1) is 4.83. The zero-order valence-corrected chi connectivity index (χ0v) is 6.73. The fraction of sp³-hybridized carbons (Fsp3) is 0. The van der Waals surface area contributed by atoms with E-state index in [-0.39, 0.29) is 0 Å². The Hall–Kier alpha value is -0.460. The molecule has 0 bridgehead atoms. The molecule has 0 fully saturated rings. The summed E-state index contributed by atoms with van der Waals surface area (Å²) < 4.78 is 0. The highest BCUT2D eigenvalue weighted by atomic mass is 35.5. The van der Waals surface area contributed by atoms with Gasteiger partial charge in [0.25, 0.3) is 0 Å². The van der Waals surface area contributed by atoms with E-state index in [0.29, 0.717) is 0 Å². The first kappa shape index (κ1) is 7.64.